The number of nitrogens with zero attached hydrogens (tertiary/aromatic N) is 5. The molecule has 0 radical (unpaired) electrons. The van der Waals surface area contributed by atoms with Crippen molar-refractivity contribution >= 4 is 0 Å². The first-order valence-electron chi connectivity index (χ1n) is 8.66. The van der Waals surface area contributed by atoms with Gasteiger partial charge in [0.2, 0.25) is 5.82 Å². The first kappa shape index (κ1) is 17.7. The Morgan fingerprint density at radius 3 is 2.46 bits per heavy atom. The van der Waals surface area contributed by atoms with Crippen LogP contribution in [0.25, 0.3) is 28.7 Å². The standard InChI is InChI=1S/C20H19N5O3/c1-12-5-10-17(27-4)16(11-12)25-13(2)18(22-24-25)20-21-19(23-28-20)14-6-8-15(26-3)9-7-14/h5-11H,1-4H3. The number of benzene rings is 2. The van der Waals surface area contributed by atoms with E-state index in [9.17, 15) is 0 Å². The van der Waals surface area contributed by atoms with Gasteiger partial charge in [0.1, 0.15) is 17.2 Å². The molecule has 0 saturated carbocycles. The Balaban J connectivity index is 1.70. The molecule has 2 heterocycles. The lowest BCUT2D eigenvalue weighted by Crippen LogP contribution is -2.02. The van der Waals surface area contributed by atoms with E-state index in [0.29, 0.717) is 23.2 Å². The van der Waals surface area contributed by atoms with Crippen molar-refractivity contribution in [1.82, 2.24) is 25.1 Å². The van der Waals surface area contributed by atoms with Crippen LogP contribution in [0.5, 0.6) is 11.5 Å². The van der Waals surface area contributed by atoms with Gasteiger partial charge in [0, 0.05) is 5.56 Å². The Bertz CT molecular complexity index is 1120. The largest absolute Gasteiger partial charge is 0.497 e. The number of aromatic nitrogens is 5. The first-order chi connectivity index (χ1) is 13.6. The maximum Gasteiger partial charge on any atom is 0.280 e. The van der Waals surface area contributed by atoms with Crippen LogP contribution in [0, 0.1) is 13.8 Å². The van der Waals surface area contributed by atoms with Gasteiger partial charge in [-0.2, -0.15) is 4.98 Å². The van der Waals surface area contributed by atoms with E-state index >= 15 is 0 Å². The summed E-state index contributed by atoms with van der Waals surface area (Å²) in [6, 6.07) is 13.3. The molecule has 28 heavy (non-hydrogen) atoms. The summed E-state index contributed by atoms with van der Waals surface area (Å²) in [5.74, 6) is 2.24. The van der Waals surface area contributed by atoms with Gasteiger partial charge in [-0.15, -0.1) is 5.10 Å². The van der Waals surface area contributed by atoms with Crippen LogP contribution in [0.1, 0.15) is 11.3 Å². The SMILES string of the molecule is COc1ccc(-c2noc(-c3nnn(-c4cc(C)ccc4OC)c3C)n2)cc1. The third kappa shape index (κ3) is 3.09. The first-order valence-corrected chi connectivity index (χ1v) is 8.66. The molecule has 4 rings (SSSR count). The van der Waals surface area contributed by atoms with Crippen molar-refractivity contribution in [2.75, 3.05) is 14.2 Å². The highest BCUT2D eigenvalue weighted by Crippen LogP contribution is 2.29. The second-order valence-electron chi connectivity index (χ2n) is 6.26. The second kappa shape index (κ2) is 7.15. The average molecular weight is 377 g/mol. The molecule has 8 nitrogen and oxygen atoms in total. The summed E-state index contributed by atoms with van der Waals surface area (Å²) in [5, 5.41) is 12.6. The minimum atomic E-state index is 0.307. The van der Waals surface area contributed by atoms with Crippen LogP contribution in [-0.4, -0.2) is 39.4 Å². The molecule has 0 bridgehead atoms. The summed E-state index contributed by atoms with van der Waals surface area (Å²) in [5.41, 5.74) is 4.01. The van der Waals surface area contributed by atoms with Crippen LogP contribution in [0.2, 0.25) is 0 Å². The number of ether oxygens (including phenoxy) is 2. The third-order valence-corrected chi connectivity index (χ3v) is 4.43. The van der Waals surface area contributed by atoms with E-state index in [0.717, 1.165) is 28.3 Å². The van der Waals surface area contributed by atoms with E-state index in [1.807, 2.05) is 56.3 Å². The lowest BCUT2D eigenvalue weighted by molar-refractivity contribution is 0.411. The van der Waals surface area contributed by atoms with Crippen molar-refractivity contribution in [2.45, 2.75) is 13.8 Å². The van der Waals surface area contributed by atoms with Crippen LogP contribution in [0.3, 0.4) is 0 Å². The van der Waals surface area contributed by atoms with Gasteiger partial charge in [-0.25, -0.2) is 4.68 Å². The molecular formula is C20H19N5O3. The van der Waals surface area contributed by atoms with E-state index in [1.165, 1.54) is 0 Å². The van der Waals surface area contributed by atoms with Gasteiger partial charge in [0.05, 0.1) is 19.9 Å². The van der Waals surface area contributed by atoms with Crippen molar-refractivity contribution in [3.8, 4) is 40.2 Å². The molecule has 0 saturated heterocycles. The van der Waals surface area contributed by atoms with Crippen LogP contribution < -0.4 is 9.47 Å². The molecule has 0 spiro atoms. The second-order valence-corrected chi connectivity index (χ2v) is 6.26. The zero-order valence-corrected chi connectivity index (χ0v) is 16.0. The van der Waals surface area contributed by atoms with Gasteiger partial charge in [-0.3, -0.25) is 0 Å². The Kier molecular flexibility index (Phi) is 4.52. The molecule has 4 aromatic rings. The fourth-order valence-electron chi connectivity index (χ4n) is 2.90. The fourth-order valence-corrected chi connectivity index (χ4v) is 2.90. The maximum absolute atomic E-state index is 5.46. The Morgan fingerprint density at radius 1 is 0.964 bits per heavy atom. The van der Waals surface area contributed by atoms with Gasteiger partial charge in [-0.1, -0.05) is 16.4 Å². The number of aryl methyl sites for hydroxylation is 1. The normalized spacial score (nSPS) is 10.9. The number of rotatable bonds is 5. The number of hydrogen-bond donors (Lipinski definition) is 0. The molecular weight excluding hydrogens is 358 g/mol. The molecule has 142 valence electrons. The van der Waals surface area contributed by atoms with E-state index in [2.05, 4.69) is 20.5 Å². The van der Waals surface area contributed by atoms with E-state index in [4.69, 9.17) is 14.0 Å². The molecule has 0 N–H and O–H groups in total. The molecule has 0 fully saturated rings. The predicted octanol–water partition coefficient (Wildman–Crippen LogP) is 3.62. The lowest BCUT2D eigenvalue weighted by atomic mass is 10.2. The molecule has 0 aliphatic rings. The van der Waals surface area contributed by atoms with Gasteiger partial charge in [0.25, 0.3) is 5.89 Å². The van der Waals surface area contributed by atoms with Crippen LogP contribution in [0.15, 0.2) is 47.0 Å². The molecule has 0 atom stereocenters. The third-order valence-electron chi connectivity index (χ3n) is 4.43. The van der Waals surface area contributed by atoms with Crippen molar-refractivity contribution in [1.29, 1.82) is 0 Å². The monoisotopic (exact) mass is 377 g/mol. The Hall–Kier alpha value is -3.68. The highest BCUT2D eigenvalue weighted by molar-refractivity contribution is 5.60. The molecule has 8 heteroatoms. The fraction of sp³-hybridized carbons (Fsp3) is 0.200. The van der Waals surface area contributed by atoms with E-state index in [1.54, 1.807) is 18.9 Å². The van der Waals surface area contributed by atoms with Crippen molar-refractivity contribution in [3.05, 3.63) is 53.7 Å². The summed E-state index contributed by atoms with van der Waals surface area (Å²) < 4.78 is 17.8. The zero-order chi connectivity index (χ0) is 19.7. The van der Waals surface area contributed by atoms with Gasteiger partial charge in [-0.05, 0) is 55.8 Å². The molecule has 2 aromatic heterocycles. The number of hydrogen-bond acceptors (Lipinski definition) is 7. The minimum absolute atomic E-state index is 0.307. The maximum atomic E-state index is 5.46. The van der Waals surface area contributed by atoms with Crippen LogP contribution in [0.4, 0.5) is 0 Å². The summed E-state index contributed by atoms with van der Waals surface area (Å²) >= 11 is 0. The van der Waals surface area contributed by atoms with Gasteiger partial charge < -0.3 is 14.0 Å². The quantitative estimate of drug-likeness (QED) is 0.525. The van der Waals surface area contributed by atoms with Crippen LogP contribution >= 0.6 is 0 Å². The minimum Gasteiger partial charge on any atom is -0.497 e. The lowest BCUT2D eigenvalue weighted by Gasteiger charge is -2.10. The molecule has 2 aromatic carbocycles. The Labute approximate surface area is 161 Å². The molecule has 0 aliphatic carbocycles. The number of methoxy groups -OCH3 is 2. The summed E-state index contributed by atoms with van der Waals surface area (Å²) in [6.07, 6.45) is 0. The van der Waals surface area contributed by atoms with Gasteiger partial charge >= 0.3 is 0 Å². The van der Waals surface area contributed by atoms with E-state index in [-0.39, 0.29) is 0 Å². The van der Waals surface area contributed by atoms with Gasteiger partial charge in [0.15, 0.2) is 5.69 Å². The molecule has 0 amide bonds. The van der Waals surface area contributed by atoms with Crippen molar-refractivity contribution in [2.24, 2.45) is 0 Å². The predicted molar refractivity (Wildman–Crippen MR) is 103 cm³/mol. The smallest absolute Gasteiger partial charge is 0.280 e. The summed E-state index contributed by atoms with van der Waals surface area (Å²) in [7, 11) is 3.25. The van der Waals surface area contributed by atoms with Crippen LogP contribution in [-0.2, 0) is 0 Å². The Morgan fingerprint density at radius 2 is 1.75 bits per heavy atom. The van der Waals surface area contributed by atoms with Crippen molar-refractivity contribution < 1.29 is 14.0 Å². The average Bonchev–Trinajstić information content (AvgIpc) is 3.34. The van der Waals surface area contributed by atoms with Crippen molar-refractivity contribution in [3.63, 3.8) is 0 Å². The molecule has 0 unspecified atom stereocenters. The highest BCUT2D eigenvalue weighted by atomic mass is 16.5. The highest BCUT2D eigenvalue weighted by Gasteiger charge is 2.20. The molecule has 0 aliphatic heterocycles. The summed E-state index contributed by atoms with van der Waals surface area (Å²) in [4.78, 5) is 4.47. The van der Waals surface area contributed by atoms with E-state index < -0.39 is 0 Å². The zero-order valence-electron chi connectivity index (χ0n) is 16.0. The topological polar surface area (TPSA) is 88.1 Å². The summed E-state index contributed by atoms with van der Waals surface area (Å²) in [6.45, 7) is 3.91.